The highest BCUT2D eigenvalue weighted by molar-refractivity contribution is 14.1. The summed E-state index contributed by atoms with van der Waals surface area (Å²) in [5.74, 6) is 1.21. The van der Waals surface area contributed by atoms with Gasteiger partial charge in [0.05, 0.1) is 0 Å². The SMILES string of the molecule is CC(C)C(CI)NC(=O)C1COc2ccccc21. The van der Waals surface area contributed by atoms with Crippen LogP contribution in [0.2, 0.25) is 0 Å². The molecule has 1 aliphatic rings. The van der Waals surface area contributed by atoms with Gasteiger partial charge in [0.1, 0.15) is 18.3 Å². The molecule has 1 N–H and O–H groups in total. The predicted octanol–water partition coefficient (Wildman–Crippen LogP) is 2.74. The summed E-state index contributed by atoms with van der Waals surface area (Å²) in [7, 11) is 0. The Labute approximate surface area is 121 Å². The first-order chi connectivity index (χ1) is 8.63. The highest BCUT2D eigenvalue weighted by Crippen LogP contribution is 2.33. The number of hydrogen-bond acceptors (Lipinski definition) is 2. The smallest absolute Gasteiger partial charge is 0.231 e. The average Bonchev–Trinajstić information content (AvgIpc) is 2.79. The number of amides is 1. The monoisotopic (exact) mass is 359 g/mol. The zero-order valence-corrected chi connectivity index (χ0v) is 12.8. The molecule has 0 saturated heterocycles. The lowest BCUT2D eigenvalue weighted by molar-refractivity contribution is -0.123. The van der Waals surface area contributed by atoms with Crippen LogP contribution in [0.25, 0.3) is 0 Å². The summed E-state index contributed by atoms with van der Waals surface area (Å²) in [6.45, 7) is 4.71. The van der Waals surface area contributed by atoms with Crippen LogP contribution in [0.5, 0.6) is 5.75 Å². The molecule has 0 fully saturated rings. The van der Waals surface area contributed by atoms with Crippen molar-refractivity contribution in [2.45, 2.75) is 25.8 Å². The molecule has 1 heterocycles. The first-order valence-electron chi connectivity index (χ1n) is 6.21. The van der Waals surface area contributed by atoms with Crippen LogP contribution in [0, 0.1) is 5.92 Å². The summed E-state index contributed by atoms with van der Waals surface area (Å²) in [6.07, 6.45) is 0. The van der Waals surface area contributed by atoms with Gasteiger partial charge in [-0.25, -0.2) is 0 Å². The number of benzene rings is 1. The third kappa shape index (κ3) is 2.79. The number of para-hydroxylation sites is 1. The van der Waals surface area contributed by atoms with Gasteiger partial charge in [-0.3, -0.25) is 4.79 Å². The first kappa shape index (κ1) is 13.6. The van der Waals surface area contributed by atoms with Gasteiger partial charge >= 0.3 is 0 Å². The number of alkyl halides is 1. The molecule has 1 aliphatic heterocycles. The van der Waals surface area contributed by atoms with Crippen LogP contribution in [0.3, 0.4) is 0 Å². The van der Waals surface area contributed by atoms with Gasteiger partial charge in [-0.1, -0.05) is 54.6 Å². The van der Waals surface area contributed by atoms with Gasteiger partial charge in [-0.05, 0) is 12.0 Å². The summed E-state index contributed by atoms with van der Waals surface area (Å²) in [5.41, 5.74) is 1.01. The second-order valence-electron chi connectivity index (χ2n) is 4.91. The molecule has 0 saturated carbocycles. The van der Waals surface area contributed by atoms with E-state index in [-0.39, 0.29) is 17.9 Å². The van der Waals surface area contributed by atoms with Crippen molar-refractivity contribution in [3.63, 3.8) is 0 Å². The molecule has 2 atom stereocenters. The van der Waals surface area contributed by atoms with E-state index in [1.54, 1.807) is 0 Å². The fourth-order valence-corrected chi connectivity index (χ4v) is 3.28. The number of carbonyl (C=O) groups excluding carboxylic acids is 1. The third-order valence-electron chi connectivity index (χ3n) is 3.32. The number of halogens is 1. The number of hydrogen-bond donors (Lipinski definition) is 1. The molecular weight excluding hydrogens is 341 g/mol. The Hall–Kier alpha value is -0.780. The minimum Gasteiger partial charge on any atom is -0.492 e. The molecule has 2 unspecified atom stereocenters. The van der Waals surface area contributed by atoms with Crippen molar-refractivity contribution in [2.24, 2.45) is 5.92 Å². The van der Waals surface area contributed by atoms with Crippen molar-refractivity contribution in [3.05, 3.63) is 29.8 Å². The van der Waals surface area contributed by atoms with Gasteiger partial charge < -0.3 is 10.1 Å². The van der Waals surface area contributed by atoms with Crippen molar-refractivity contribution in [2.75, 3.05) is 11.0 Å². The highest BCUT2D eigenvalue weighted by Gasteiger charge is 2.31. The zero-order chi connectivity index (χ0) is 13.1. The van der Waals surface area contributed by atoms with E-state index in [0.717, 1.165) is 15.7 Å². The van der Waals surface area contributed by atoms with Crippen LogP contribution in [0.4, 0.5) is 0 Å². The number of nitrogens with one attached hydrogen (secondary N) is 1. The quantitative estimate of drug-likeness (QED) is 0.663. The first-order valence-corrected chi connectivity index (χ1v) is 7.74. The topological polar surface area (TPSA) is 38.3 Å². The molecule has 0 spiro atoms. The maximum absolute atomic E-state index is 12.3. The minimum atomic E-state index is -0.162. The number of carbonyl (C=O) groups is 1. The van der Waals surface area contributed by atoms with Gasteiger partial charge in [0.25, 0.3) is 0 Å². The average molecular weight is 359 g/mol. The molecule has 98 valence electrons. The lowest BCUT2D eigenvalue weighted by atomic mass is 9.99. The molecule has 0 bridgehead atoms. The molecule has 0 radical (unpaired) electrons. The Balaban J connectivity index is 2.07. The fourth-order valence-electron chi connectivity index (χ4n) is 2.05. The van der Waals surface area contributed by atoms with Gasteiger partial charge in [-0.15, -0.1) is 0 Å². The molecule has 0 aromatic heterocycles. The fraction of sp³-hybridized carbons (Fsp3) is 0.500. The molecule has 1 amide bonds. The summed E-state index contributed by atoms with van der Waals surface area (Å²) in [4.78, 5) is 12.3. The minimum absolute atomic E-state index is 0.0790. The van der Waals surface area contributed by atoms with E-state index in [2.05, 4.69) is 41.8 Å². The molecule has 1 aromatic rings. The lowest BCUT2D eigenvalue weighted by Gasteiger charge is -2.21. The lowest BCUT2D eigenvalue weighted by Crippen LogP contribution is -2.42. The van der Waals surface area contributed by atoms with Gasteiger partial charge in [-0.2, -0.15) is 0 Å². The maximum atomic E-state index is 12.3. The van der Waals surface area contributed by atoms with Crippen LogP contribution in [0.1, 0.15) is 25.3 Å². The van der Waals surface area contributed by atoms with Crippen molar-refractivity contribution < 1.29 is 9.53 Å². The predicted molar refractivity (Wildman–Crippen MR) is 80.3 cm³/mol. The molecule has 4 heteroatoms. The van der Waals surface area contributed by atoms with Gasteiger partial charge in [0.15, 0.2) is 0 Å². The molecule has 2 rings (SSSR count). The molecule has 18 heavy (non-hydrogen) atoms. The summed E-state index contributed by atoms with van der Waals surface area (Å²) >= 11 is 2.32. The van der Waals surface area contributed by atoms with Crippen molar-refractivity contribution in [1.82, 2.24) is 5.32 Å². The standard InChI is InChI=1S/C14H18INO2/c1-9(2)12(7-15)16-14(17)11-8-18-13-6-4-3-5-10(11)13/h3-6,9,11-12H,7-8H2,1-2H3,(H,16,17). The van der Waals surface area contributed by atoms with E-state index < -0.39 is 0 Å². The number of ether oxygens (including phenoxy) is 1. The van der Waals surface area contributed by atoms with Crippen LogP contribution >= 0.6 is 22.6 Å². The van der Waals surface area contributed by atoms with Crippen molar-refractivity contribution in [1.29, 1.82) is 0 Å². The Bertz CT molecular complexity index is 434. The third-order valence-corrected chi connectivity index (χ3v) is 4.26. The zero-order valence-electron chi connectivity index (χ0n) is 10.7. The van der Waals surface area contributed by atoms with Gasteiger partial charge in [0.2, 0.25) is 5.91 Å². The highest BCUT2D eigenvalue weighted by atomic mass is 127. The summed E-state index contributed by atoms with van der Waals surface area (Å²) in [5, 5.41) is 3.12. The Morgan fingerprint density at radius 3 is 2.89 bits per heavy atom. The molecular formula is C14H18INO2. The van der Waals surface area contributed by atoms with Crippen LogP contribution < -0.4 is 10.1 Å². The maximum Gasteiger partial charge on any atom is 0.231 e. The largest absolute Gasteiger partial charge is 0.492 e. The van der Waals surface area contributed by atoms with Crippen LogP contribution in [-0.4, -0.2) is 23.0 Å². The van der Waals surface area contributed by atoms with E-state index in [1.165, 1.54) is 0 Å². The number of fused-ring (bicyclic) bond motifs is 1. The van der Waals surface area contributed by atoms with E-state index in [0.29, 0.717) is 12.5 Å². The second-order valence-corrected chi connectivity index (χ2v) is 5.80. The molecule has 3 nitrogen and oxygen atoms in total. The van der Waals surface area contributed by atoms with Crippen LogP contribution in [0.15, 0.2) is 24.3 Å². The molecule has 0 aliphatic carbocycles. The summed E-state index contributed by atoms with van der Waals surface area (Å²) in [6, 6.07) is 8.00. The normalized spacial score (nSPS) is 19.2. The van der Waals surface area contributed by atoms with Gasteiger partial charge in [0, 0.05) is 16.0 Å². The van der Waals surface area contributed by atoms with E-state index in [4.69, 9.17) is 4.74 Å². The van der Waals surface area contributed by atoms with E-state index >= 15 is 0 Å². The Morgan fingerprint density at radius 1 is 1.50 bits per heavy atom. The van der Waals surface area contributed by atoms with E-state index in [1.807, 2.05) is 24.3 Å². The molecule has 1 aromatic carbocycles. The van der Waals surface area contributed by atoms with Crippen molar-refractivity contribution >= 4 is 28.5 Å². The summed E-state index contributed by atoms with van der Waals surface area (Å²) < 4.78 is 6.47. The van der Waals surface area contributed by atoms with E-state index in [9.17, 15) is 4.79 Å². The Morgan fingerprint density at radius 2 is 2.22 bits per heavy atom. The second kappa shape index (κ2) is 5.91. The van der Waals surface area contributed by atoms with Crippen LogP contribution in [-0.2, 0) is 4.79 Å². The number of rotatable bonds is 4. The van der Waals surface area contributed by atoms with Crippen molar-refractivity contribution in [3.8, 4) is 5.75 Å². The Kier molecular flexibility index (Phi) is 4.48.